The fourth-order valence-corrected chi connectivity index (χ4v) is 3.74. The molecule has 0 heterocycles. The molecule has 0 aliphatic heterocycles. The highest BCUT2D eigenvalue weighted by Gasteiger charge is 2.35. The Bertz CT molecular complexity index is 1130. The van der Waals surface area contributed by atoms with Crippen molar-refractivity contribution in [1.29, 1.82) is 0 Å². The van der Waals surface area contributed by atoms with E-state index in [9.17, 15) is 48.6 Å². The largest absolute Gasteiger partial charge is 0.481 e. The molecule has 0 bridgehead atoms. The highest BCUT2D eigenvalue weighted by Crippen LogP contribution is 2.06. The van der Waals surface area contributed by atoms with Gasteiger partial charge in [-0.05, 0) is 32.6 Å². The van der Waals surface area contributed by atoms with Gasteiger partial charge in [0.15, 0.2) is 0 Å². The van der Waals surface area contributed by atoms with E-state index in [0.29, 0.717) is 0 Å². The number of aliphatic hydroxyl groups is 2. The number of carboxylic acids is 2. The van der Waals surface area contributed by atoms with E-state index in [1.165, 1.54) is 13.8 Å². The predicted octanol–water partition coefficient (Wildman–Crippen LogP) is -4.49. The van der Waals surface area contributed by atoms with E-state index >= 15 is 0 Å². The molecule has 0 aliphatic carbocycles. The smallest absolute Gasteiger partial charge is 0.325 e. The number of carbonyl (C=O) groups is 8. The zero-order valence-corrected chi connectivity index (χ0v) is 26.8. The van der Waals surface area contributed by atoms with Crippen molar-refractivity contribution in [3.63, 3.8) is 0 Å². The summed E-state index contributed by atoms with van der Waals surface area (Å²) >= 11 is 0. The molecule has 0 saturated heterocycles. The molecular weight excluding hydrogens is 614 g/mol. The monoisotopic (exact) mass is 661 g/mol. The molecule has 12 N–H and O–H groups in total. The van der Waals surface area contributed by atoms with Crippen LogP contribution < -0.4 is 37.6 Å². The van der Waals surface area contributed by atoms with Crippen molar-refractivity contribution in [1.82, 2.24) is 31.9 Å². The summed E-state index contributed by atoms with van der Waals surface area (Å²) in [5, 5.41) is 51.4. The average Bonchev–Trinajstić information content (AvgIpc) is 2.93. The van der Waals surface area contributed by atoms with Gasteiger partial charge in [-0.1, -0.05) is 27.7 Å². The van der Waals surface area contributed by atoms with E-state index in [0.717, 1.165) is 6.92 Å². The maximum absolute atomic E-state index is 12.9. The Morgan fingerprint density at radius 2 is 0.978 bits per heavy atom. The first-order chi connectivity index (χ1) is 21.1. The van der Waals surface area contributed by atoms with Gasteiger partial charge in [-0.25, -0.2) is 0 Å². The summed E-state index contributed by atoms with van der Waals surface area (Å²) in [6.45, 7) is 8.94. The number of amides is 6. The minimum Gasteiger partial charge on any atom is -0.481 e. The van der Waals surface area contributed by atoms with Gasteiger partial charge in [-0.3, -0.25) is 38.4 Å². The summed E-state index contributed by atoms with van der Waals surface area (Å²) in [6, 6.07) is -9.84. The van der Waals surface area contributed by atoms with Crippen LogP contribution in [0.3, 0.4) is 0 Å². The standard InChI is InChI=1S/C27H47N7O12/c1-10(2)18(24(42)30-13(6)27(45)46)32-21(39)12(5)29-26(44)20(14(7)36)34-23(41)16(9-35)31-25(43)19(11(3)4)33-22(40)15(28)8-17(37)38/h10-16,18-20,35-36H,8-9,28H2,1-7H3,(H,29,44)(H,30,42)(H,31,43)(H,32,39)(H,33,40)(H,34,41)(H,37,38)(H,45,46)/t12-,13-,14+,15-,16-,18-,19-,20-/m0/s1. The van der Waals surface area contributed by atoms with Crippen LogP contribution in [0, 0.1) is 11.8 Å². The van der Waals surface area contributed by atoms with Crippen LogP contribution >= 0.6 is 0 Å². The number of aliphatic hydroxyl groups excluding tert-OH is 2. The lowest BCUT2D eigenvalue weighted by Gasteiger charge is -2.28. The van der Waals surface area contributed by atoms with Crippen molar-refractivity contribution in [3.8, 4) is 0 Å². The Morgan fingerprint density at radius 3 is 1.39 bits per heavy atom. The summed E-state index contributed by atoms with van der Waals surface area (Å²) in [5.74, 6) is -9.34. The zero-order chi connectivity index (χ0) is 36.0. The van der Waals surface area contributed by atoms with Gasteiger partial charge in [-0.15, -0.1) is 0 Å². The van der Waals surface area contributed by atoms with Crippen molar-refractivity contribution in [2.75, 3.05) is 6.61 Å². The van der Waals surface area contributed by atoms with Crippen molar-refractivity contribution >= 4 is 47.4 Å². The number of nitrogens with two attached hydrogens (primary N) is 1. The minimum atomic E-state index is -1.69. The lowest BCUT2D eigenvalue weighted by Crippen LogP contribution is -2.62. The number of carbonyl (C=O) groups excluding carboxylic acids is 6. The number of aliphatic carboxylic acids is 2. The Kier molecular flexibility index (Phi) is 17.4. The topological polar surface area (TPSA) is 316 Å². The van der Waals surface area contributed by atoms with Gasteiger partial charge in [0, 0.05) is 0 Å². The molecule has 46 heavy (non-hydrogen) atoms. The van der Waals surface area contributed by atoms with Crippen LogP contribution in [0.15, 0.2) is 0 Å². The predicted molar refractivity (Wildman–Crippen MR) is 159 cm³/mol. The summed E-state index contributed by atoms with van der Waals surface area (Å²) < 4.78 is 0. The molecule has 262 valence electrons. The third-order valence-corrected chi connectivity index (χ3v) is 6.58. The van der Waals surface area contributed by atoms with E-state index in [2.05, 4.69) is 31.9 Å². The van der Waals surface area contributed by atoms with E-state index in [1.54, 1.807) is 27.7 Å². The van der Waals surface area contributed by atoms with Gasteiger partial charge in [0.1, 0.15) is 36.3 Å². The summed E-state index contributed by atoms with van der Waals surface area (Å²) in [4.78, 5) is 98.2. The summed E-state index contributed by atoms with van der Waals surface area (Å²) in [6.07, 6.45) is -2.25. The number of nitrogens with one attached hydrogen (secondary N) is 6. The van der Waals surface area contributed by atoms with Gasteiger partial charge in [0.05, 0.1) is 25.2 Å². The second-order valence-corrected chi connectivity index (χ2v) is 11.4. The van der Waals surface area contributed by atoms with Crippen LogP contribution in [0.25, 0.3) is 0 Å². The molecular formula is C27H47N7O12. The molecule has 0 aromatic carbocycles. The second kappa shape index (κ2) is 19.2. The molecule has 19 nitrogen and oxygen atoms in total. The molecule has 0 aliphatic rings. The van der Waals surface area contributed by atoms with Crippen molar-refractivity contribution in [2.45, 2.75) is 103 Å². The highest BCUT2D eigenvalue weighted by atomic mass is 16.4. The van der Waals surface area contributed by atoms with Gasteiger partial charge in [-0.2, -0.15) is 0 Å². The van der Waals surface area contributed by atoms with Crippen molar-refractivity contribution in [2.24, 2.45) is 17.6 Å². The van der Waals surface area contributed by atoms with Crippen LogP contribution in [0.1, 0.15) is 54.9 Å². The fraction of sp³-hybridized carbons (Fsp3) is 0.704. The maximum atomic E-state index is 12.9. The number of carboxylic acid groups (broad SMARTS) is 2. The zero-order valence-electron chi connectivity index (χ0n) is 26.8. The Hall–Kier alpha value is -4.36. The van der Waals surface area contributed by atoms with Crippen LogP contribution in [-0.4, -0.2) is 123 Å². The lowest BCUT2D eigenvalue weighted by molar-refractivity contribution is -0.142. The molecule has 0 rings (SSSR count). The summed E-state index contributed by atoms with van der Waals surface area (Å²) in [7, 11) is 0. The van der Waals surface area contributed by atoms with Crippen molar-refractivity contribution < 1.29 is 58.8 Å². The second-order valence-electron chi connectivity index (χ2n) is 11.4. The van der Waals surface area contributed by atoms with Crippen LogP contribution in [0.2, 0.25) is 0 Å². The third-order valence-electron chi connectivity index (χ3n) is 6.58. The molecule has 0 radical (unpaired) electrons. The van der Waals surface area contributed by atoms with Gasteiger partial charge < -0.3 is 58.1 Å². The van der Waals surface area contributed by atoms with Gasteiger partial charge >= 0.3 is 11.9 Å². The first kappa shape index (κ1) is 41.6. The molecule has 0 aromatic heterocycles. The van der Waals surface area contributed by atoms with E-state index in [1.807, 2.05) is 0 Å². The Balaban J connectivity index is 5.54. The molecule has 19 heteroatoms. The van der Waals surface area contributed by atoms with Crippen molar-refractivity contribution in [3.05, 3.63) is 0 Å². The van der Waals surface area contributed by atoms with Gasteiger partial charge in [0.25, 0.3) is 0 Å². The van der Waals surface area contributed by atoms with Crippen LogP contribution in [-0.2, 0) is 38.4 Å². The fourth-order valence-electron chi connectivity index (χ4n) is 3.74. The number of hydrogen-bond donors (Lipinski definition) is 11. The first-order valence-electron chi connectivity index (χ1n) is 14.5. The Morgan fingerprint density at radius 1 is 0.565 bits per heavy atom. The molecule has 0 aromatic rings. The molecule has 6 amide bonds. The molecule has 0 fully saturated rings. The lowest BCUT2D eigenvalue weighted by atomic mass is 10.0. The normalized spacial score (nSPS) is 16.3. The number of rotatable bonds is 19. The average molecular weight is 662 g/mol. The number of hydrogen-bond acceptors (Lipinski definition) is 11. The molecule has 0 saturated carbocycles. The van der Waals surface area contributed by atoms with E-state index < -0.39 is 121 Å². The highest BCUT2D eigenvalue weighted by molar-refractivity contribution is 5.97. The Labute approximate surface area is 265 Å². The van der Waals surface area contributed by atoms with Crippen LogP contribution in [0.4, 0.5) is 0 Å². The molecule has 0 spiro atoms. The SMILES string of the molecule is CC(C)[C@H](NC(=O)[C@H](C)NC(=O)[C@@H](NC(=O)[C@H](CO)NC(=O)[C@@H](NC(=O)[C@@H](N)CC(=O)O)C(C)C)[C@@H](C)O)C(=O)N[C@@H](C)C(=O)O. The molecule has 0 unspecified atom stereocenters. The minimum absolute atomic E-state index is 0.479. The van der Waals surface area contributed by atoms with Crippen LogP contribution in [0.5, 0.6) is 0 Å². The van der Waals surface area contributed by atoms with Gasteiger partial charge in [0.2, 0.25) is 35.4 Å². The maximum Gasteiger partial charge on any atom is 0.325 e. The first-order valence-corrected chi connectivity index (χ1v) is 14.5. The summed E-state index contributed by atoms with van der Waals surface area (Å²) in [5.41, 5.74) is 5.53. The van der Waals surface area contributed by atoms with E-state index in [4.69, 9.17) is 15.9 Å². The van der Waals surface area contributed by atoms with E-state index in [-0.39, 0.29) is 0 Å². The third kappa shape index (κ3) is 13.7. The quantitative estimate of drug-likeness (QED) is 0.0623. The molecule has 8 atom stereocenters.